The SMILES string of the molecule is CN=C(NCc1ccc(Cl)cc1OC)NC1CCC(C(=O)N2CCSCC2)CC1.I. The van der Waals surface area contributed by atoms with Crippen LogP contribution in [-0.2, 0) is 11.3 Å². The van der Waals surface area contributed by atoms with Crippen molar-refractivity contribution in [3.8, 4) is 5.75 Å². The van der Waals surface area contributed by atoms with E-state index in [1.165, 1.54) is 0 Å². The maximum atomic E-state index is 12.7. The number of benzene rings is 1. The molecule has 3 rings (SSSR count). The number of hydrogen-bond donors (Lipinski definition) is 2. The molecule has 1 saturated carbocycles. The first kappa shape index (κ1) is 25.4. The molecule has 0 atom stereocenters. The number of thioether (sulfide) groups is 1. The number of aliphatic imine (C=N–C) groups is 1. The van der Waals surface area contributed by atoms with Crippen molar-refractivity contribution in [3.63, 3.8) is 0 Å². The van der Waals surface area contributed by atoms with E-state index in [1.807, 2.05) is 30.0 Å². The lowest BCUT2D eigenvalue weighted by atomic mass is 9.85. The normalized spacial score (nSPS) is 22.1. The number of methoxy groups -OCH3 is 1. The fourth-order valence-electron chi connectivity index (χ4n) is 3.96. The molecule has 0 bridgehead atoms. The van der Waals surface area contributed by atoms with Crippen LogP contribution in [0.2, 0.25) is 5.02 Å². The number of nitrogens with zero attached hydrogens (tertiary/aromatic N) is 2. The molecule has 0 aromatic heterocycles. The average molecular weight is 567 g/mol. The van der Waals surface area contributed by atoms with E-state index in [-0.39, 0.29) is 29.9 Å². The first-order chi connectivity index (χ1) is 14.1. The van der Waals surface area contributed by atoms with Crippen LogP contribution in [0, 0.1) is 5.92 Å². The van der Waals surface area contributed by atoms with Gasteiger partial charge in [-0.2, -0.15) is 11.8 Å². The molecule has 0 radical (unpaired) electrons. The number of carbonyl (C=O) groups is 1. The molecule has 9 heteroatoms. The van der Waals surface area contributed by atoms with Gasteiger partial charge in [0.1, 0.15) is 5.75 Å². The molecule has 2 aliphatic rings. The van der Waals surface area contributed by atoms with Crippen LogP contribution in [0.15, 0.2) is 23.2 Å². The van der Waals surface area contributed by atoms with Crippen molar-refractivity contribution in [1.82, 2.24) is 15.5 Å². The summed E-state index contributed by atoms with van der Waals surface area (Å²) in [5.74, 6) is 4.22. The Balaban J connectivity index is 0.00000320. The Bertz CT molecular complexity index is 723. The van der Waals surface area contributed by atoms with Gasteiger partial charge in [0.15, 0.2) is 5.96 Å². The van der Waals surface area contributed by atoms with Crippen LogP contribution in [0.4, 0.5) is 0 Å². The molecule has 2 N–H and O–H groups in total. The predicted octanol–water partition coefficient (Wildman–Crippen LogP) is 3.77. The van der Waals surface area contributed by atoms with Crippen LogP contribution in [0.1, 0.15) is 31.2 Å². The first-order valence-corrected chi connectivity index (χ1v) is 11.8. The van der Waals surface area contributed by atoms with Crippen molar-refractivity contribution in [2.24, 2.45) is 10.9 Å². The summed E-state index contributed by atoms with van der Waals surface area (Å²) in [4.78, 5) is 19.1. The number of amides is 1. The topological polar surface area (TPSA) is 66.0 Å². The van der Waals surface area contributed by atoms with Gasteiger partial charge >= 0.3 is 0 Å². The first-order valence-electron chi connectivity index (χ1n) is 10.3. The molecule has 0 spiro atoms. The van der Waals surface area contributed by atoms with Gasteiger partial charge in [0.25, 0.3) is 0 Å². The molecule has 1 saturated heterocycles. The quantitative estimate of drug-likeness (QED) is 0.323. The number of rotatable bonds is 5. The number of nitrogens with one attached hydrogen (secondary N) is 2. The lowest BCUT2D eigenvalue weighted by Gasteiger charge is -2.34. The van der Waals surface area contributed by atoms with Crippen LogP contribution in [-0.4, -0.2) is 61.6 Å². The minimum absolute atomic E-state index is 0. The summed E-state index contributed by atoms with van der Waals surface area (Å²) in [6.45, 7) is 2.42. The lowest BCUT2D eigenvalue weighted by Crippen LogP contribution is -2.47. The Morgan fingerprint density at radius 2 is 1.97 bits per heavy atom. The van der Waals surface area contributed by atoms with Crippen molar-refractivity contribution in [1.29, 1.82) is 0 Å². The van der Waals surface area contributed by atoms with Crippen molar-refractivity contribution in [3.05, 3.63) is 28.8 Å². The third-order valence-electron chi connectivity index (χ3n) is 5.66. The second kappa shape index (κ2) is 12.9. The number of hydrogen-bond acceptors (Lipinski definition) is 4. The third-order valence-corrected chi connectivity index (χ3v) is 6.84. The van der Waals surface area contributed by atoms with E-state index in [9.17, 15) is 4.79 Å². The van der Waals surface area contributed by atoms with E-state index < -0.39 is 0 Å². The molecule has 1 aliphatic carbocycles. The van der Waals surface area contributed by atoms with E-state index in [2.05, 4.69) is 20.5 Å². The summed E-state index contributed by atoms with van der Waals surface area (Å²) in [7, 11) is 3.42. The molecule has 1 amide bonds. The standard InChI is InChI=1S/C21H31ClN4O2S.HI/c1-23-21(24-14-16-3-6-17(22)13-19(16)28-2)25-18-7-4-15(5-8-18)20(27)26-9-11-29-12-10-26;/h3,6,13,15,18H,4-5,7-12,14H2,1-2H3,(H2,23,24,25);1H. The van der Waals surface area contributed by atoms with Gasteiger partial charge in [-0.3, -0.25) is 9.79 Å². The van der Waals surface area contributed by atoms with Crippen LogP contribution in [0.25, 0.3) is 0 Å². The highest BCUT2D eigenvalue weighted by Gasteiger charge is 2.30. The summed E-state index contributed by atoms with van der Waals surface area (Å²) >= 11 is 7.97. The second-order valence-electron chi connectivity index (χ2n) is 7.51. The number of guanidine groups is 1. The summed E-state index contributed by atoms with van der Waals surface area (Å²) in [6.07, 6.45) is 3.87. The molecular formula is C21H32ClIN4O2S. The van der Waals surface area contributed by atoms with Gasteiger partial charge in [-0.05, 0) is 37.8 Å². The molecule has 1 aliphatic heterocycles. The minimum atomic E-state index is 0. The monoisotopic (exact) mass is 566 g/mol. The minimum Gasteiger partial charge on any atom is -0.496 e. The highest BCUT2D eigenvalue weighted by molar-refractivity contribution is 14.0. The zero-order chi connectivity index (χ0) is 20.6. The van der Waals surface area contributed by atoms with Gasteiger partial charge in [0, 0.05) is 60.7 Å². The average Bonchev–Trinajstić information content (AvgIpc) is 2.77. The molecule has 1 aromatic carbocycles. The maximum absolute atomic E-state index is 12.7. The van der Waals surface area contributed by atoms with Crippen molar-refractivity contribution < 1.29 is 9.53 Å². The van der Waals surface area contributed by atoms with E-state index in [0.717, 1.165) is 67.6 Å². The van der Waals surface area contributed by atoms with E-state index in [0.29, 0.717) is 23.5 Å². The molecule has 2 fully saturated rings. The van der Waals surface area contributed by atoms with Crippen molar-refractivity contribution >= 4 is 59.2 Å². The highest BCUT2D eigenvalue weighted by Crippen LogP contribution is 2.27. The molecule has 1 heterocycles. The molecule has 30 heavy (non-hydrogen) atoms. The van der Waals surface area contributed by atoms with E-state index >= 15 is 0 Å². The lowest BCUT2D eigenvalue weighted by molar-refractivity contribution is -0.136. The Hall–Kier alpha value is -0.870. The zero-order valence-electron chi connectivity index (χ0n) is 17.7. The van der Waals surface area contributed by atoms with E-state index in [1.54, 1.807) is 14.2 Å². The Kier molecular flexibility index (Phi) is 10.9. The Labute approximate surface area is 205 Å². The summed E-state index contributed by atoms with van der Waals surface area (Å²) in [5, 5.41) is 7.51. The number of ether oxygens (including phenoxy) is 1. The van der Waals surface area contributed by atoms with Gasteiger partial charge in [-0.1, -0.05) is 17.7 Å². The predicted molar refractivity (Wildman–Crippen MR) is 136 cm³/mol. The molecular weight excluding hydrogens is 535 g/mol. The fraction of sp³-hybridized carbons (Fsp3) is 0.619. The Morgan fingerprint density at radius 3 is 2.60 bits per heavy atom. The molecule has 168 valence electrons. The third kappa shape index (κ3) is 7.09. The summed E-state index contributed by atoms with van der Waals surface area (Å²) in [6, 6.07) is 5.97. The maximum Gasteiger partial charge on any atom is 0.225 e. The van der Waals surface area contributed by atoms with E-state index in [4.69, 9.17) is 16.3 Å². The fourth-order valence-corrected chi connectivity index (χ4v) is 5.02. The van der Waals surface area contributed by atoms with Gasteiger partial charge in [-0.15, -0.1) is 24.0 Å². The van der Waals surface area contributed by atoms with Crippen molar-refractivity contribution in [2.45, 2.75) is 38.3 Å². The summed E-state index contributed by atoms with van der Waals surface area (Å²) < 4.78 is 5.40. The van der Waals surface area contributed by atoms with Gasteiger partial charge < -0.3 is 20.3 Å². The van der Waals surface area contributed by atoms with Crippen LogP contribution < -0.4 is 15.4 Å². The van der Waals surface area contributed by atoms with Crippen molar-refractivity contribution in [2.75, 3.05) is 38.8 Å². The van der Waals surface area contributed by atoms with Gasteiger partial charge in [0.05, 0.1) is 7.11 Å². The molecule has 0 unspecified atom stereocenters. The van der Waals surface area contributed by atoms with Crippen LogP contribution >= 0.6 is 47.3 Å². The second-order valence-corrected chi connectivity index (χ2v) is 9.17. The van der Waals surface area contributed by atoms with Gasteiger partial charge in [-0.25, -0.2) is 0 Å². The smallest absolute Gasteiger partial charge is 0.225 e. The number of halogens is 2. The number of carbonyl (C=O) groups excluding carboxylic acids is 1. The van der Waals surface area contributed by atoms with Gasteiger partial charge in [0.2, 0.25) is 5.91 Å². The highest BCUT2D eigenvalue weighted by atomic mass is 127. The molecule has 1 aromatic rings. The van der Waals surface area contributed by atoms with Crippen LogP contribution in [0.5, 0.6) is 5.75 Å². The Morgan fingerprint density at radius 1 is 1.27 bits per heavy atom. The molecule has 6 nitrogen and oxygen atoms in total. The summed E-state index contributed by atoms with van der Waals surface area (Å²) in [5.41, 5.74) is 1.02. The largest absolute Gasteiger partial charge is 0.496 e. The van der Waals surface area contributed by atoms with Crippen LogP contribution in [0.3, 0.4) is 0 Å². The zero-order valence-corrected chi connectivity index (χ0v) is 21.6.